The predicted octanol–water partition coefficient (Wildman–Crippen LogP) is 1.37. The van der Waals surface area contributed by atoms with Crippen molar-refractivity contribution in [2.45, 2.75) is 44.4 Å². The van der Waals surface area contributed by atoms with Crippen molar-refractivity contribution in [1.82, 2.24) is 15.0 Å². The minimum atomic E-state index is -3.89. The van der Waals surface area contributed by atoms with E-state index in [-0.39, 0.29) is 62.2 Å². The summed E-state index contributed by atoms with van der Waals surface area (Å²) in [5.41, 5.74) is 1.93. The maximum Gasteiger partial charge on any atom is 1.00 e. The molecule has 1 aromatic heterocycles. The van der Waals surface area contributed by atoms with Gasteiger partial charge in [0.1, 0.15) is 0 Å². The number of aryl methyl sites for hydroxylation is 2. The van der Waals surface area contributed by atoms with Crippen molar-refractivity contribution >= 4 is 21.7 Å². The van der Waals surface area contributed by atoms with Crippen LogP contribution >= 0.6 is 0 Å². The quantitative estimate of drug-likeness (QED) is 0.531. The Hall–Kier alpha value is -0.914. The van der Waals surface area contributed by atoms with E-state index in [9.17, 15) is 8.42 Å². The molecule has 3 rings (SSSR count). The predicted molar refractivity (Wildman–Crippen MR) is 103 cm³/mol. The number of benzene rings is 1. The fraction of sp³-hybridized carbons (Fsp3) is 0.444. The summed E-state index contributed by atoms with van der Waals surface area (Å²) >= 11 is 0. The average Bonchev–Trinajstić information content (AvgIpc) is 2.88. The molecular formula is C18H23KN6O2S. The van der Waals surface area contributed by atoms with E-state index in [2.05, 4.69) is 25.0 Å². The zero-order valence-electron chi connectivity index (χ0n) is 16.5. The van der Waals surface area contributed by atoms with Crippen LogP contribution in [-0.4, -0.2) is 36.5 Å². The Balaban J connectivity index is 0.00000280. The SMILES string of the molecule is Cc1cc(C)nc([N-]S(=O)(=O)c2ccc(N=NN3CCCCCC3)cc2)n1.[K+]. The van der Waals surface area contributed by atoms with Crippen LogP contribution < -0.4 is 51.4 Å². The Kier molecular flexibility index (Phi) is 8.97. The minimum Gasteiger partial charge on any atom is -0.363 e. The summed E-state index contributed by atoms with van der Waals surface area (Å²) in [4.78, 5) is 8.18. The Morgan fingerprint density at radius 1 is 0.964 bits per heavy atom. The first kappa shape index (κ1) is 23.4. The summed E-state index contributed by atoms with van der Waals surface area (Å²) in [6, 6.07) is 7.93. The van der Waals surface area contributed by atoms with Gasteiger partial charge < -0.3 is 9.97 Å². The molecule has 0 saturated carbocycles. The van der Waals surface area contributed by atoms with Gasteiger partial charge in [-0.05, 0) is 62.3 Å². The van der Waals surface area contributed by atoms with Crippen molar-refractivity contribution in [2.24, 2.45) is 10.3 Å². The molecule has 0 spiro atoms. The molecule has 1 fully saturated rings. The average molecular weight is 427 g/mol. The van der Waals surface area contributed by atoms with E-state index >= 15 is 0 Å². The van der Waals surface area contributed by atoms with Crippen molar-refractivity contribution < 1.29 is 59.8 Å². The summed E-state index contributed by atoms with van der Waals surface area (Å²) in [6.45, 7) is 5.35. The maximum absolute atomic E-state index is 12.5. The second-order valence-corrected chi connectivity index (χ2v) is 8.17. The molecule has 1 saturated heterocycles. The molecule has 0 unspecified atom stereocenters. The fourth-order valence-corrected chi connectivity index (χ4v) is 3.73. The summed E-state index contributed by atoms with van der Waals surface area (Å²) in [5.74, 6) is -0.0579. The van der Waals surface area contributed by atoms with Crippen LogP contribution in [0.25, 0.3) is 4.72 Å². The van der Waals surface area contributed by atoms with E-state index in [0.717, 1.165) is 25.9 Å². The summed E-state index contributed by atoms with van der Waals surface area (Å²) in [5, 5.41) is 10.4. The first-order valence-corrected chi connectivity index (χ1v) is 10.4. The van der Waals surface area contributed by atoms with Gasteiger partial charge in [0.2, 0.25) is 10.0 Å². The molecule has 0 N–H and O–H groups in total. The van der Waals surface area contributed by atoms with Crippen molar-refractivity contribution in [2.75, 3.05) is 13.1 Å². The van der Waals surface area contributed by atoms with Crippen molar-refractivity contribution in [3.63, 3.8) is 0 Å². The molecule has 0 bridgehead atoms. The first-order chi connectivity index (χ1) is 12.9. The Morgan fingerprint density at radius 3 is 2.11 bits per heavy atom. The number of hydrogen-bond acceptors (Lipinski definition) is 6. The molecule has 144 valence electrons. The molecule has 0 atom stereocenters. The Bertz CT molecular complexity index is 890. The molecule has 28 heavy (non-hydrogen) atoms. The van der Waals surface area contributed by atoms with Gasteiger partial charge in [0.15, 0.2) is 0 Å². The van der Waals surface area contributed by atoms with Gasteiger partial charge >= 0.3 is 51.4 Å². The van der Waals surface area contributed by atoms with Gasteiger partial charge in [-0.1, -0.05) is 24.1 Å². The fourth-order valence-electron chi connectivity index (χ4n) is 2.85. The van der Waals surface area contributed by atoms with E-state index in [1.807, 2.05) is 5.01 Å². The molecule has 2 heterocycles. The second-order valence-electron chi connectivity index (χ2n) is 6.57. The largest absolute Gasteiger partial charge is 1.00 e. The standard InChI is InChI=1S/C18H23N6O2S.K/c1-14-13-15(2)20-18(19-14)22-27(25,26)17-9-7-16(8-10-17)21-23-24-11-5-3-4-6-12-24;/h7-10,13H,3-6,11-12H2,1-2H3;/q-1;+1. The van der Waals surface area contributed by atoms with Gasteiger partial charge in [0.25, 0.3) is 0 Å². The van der Waals surface area contributed by atoms with Gasteiger partial charge in [-0.25, -0.2) is 8.42 Å². The zero-order valence-corrected chi connectivity index (χ0v) is 20.5. The van der Waals surface area contributed by atoms with Crippen molar-refractivity contribution in [3.05, 3.63) is 46.4 Å². The summed E-state index contributed by atoms with van der Waals surface area (Å²) < 4.78 is 28.7. The van der Waals surface area contributed by atoms with E-state index in [1.165, 1.54) is 25.0 Å². The normalized spacial score (nSPS) is 15.1. The Morgan fingerprint density at radius 2 is 1.54 bits per heavy atom. The van der Waals surface area contributed by atoms with Crippen LogP contribution in [0.4, 0.5) is 11.6 Å². The van der Waals surface area contributed by atoms with Gasteiger partial charge in [0, 0.05) is 19.0 Å². The van der Waals surface area contributed by atoms with Crippen molar-refractivity contribution in [3.8, 4) is 0 Å². The molecule has 0 amide bonds. The third-order valence-electron chi connectivity index (χ3n) is 4.18. The van der Waals surface area contributed by atoms with Crippen LogP contribution in [0.2, 0.25) is 0 Å². The van der Waals surface area contributed by atoms with Crippen LogP contribution in [0.5, 0.6) is 0 Å². The van der Waals surface area contributed by atoms with Crippen LogP contribution in [0.3, 0.4) is 0 Å². The Labute approximate surface area is 208 Å². The number of sulfonamides is 1. The first-order valence-electron chi connectivity index (χ1n) is 8.99. The van der Waals surface area contributed by atoms with Gasteiger partial charge in [0.05, 0.1) is 10.6 Å². The number of rotatable bonds is 5. The third-order valence-corrected chi connectivity index (χ3v) is 5.45. The molecule has 1 aliphatic heterocycles. The minimum absolute atomic E-state index is 0. The smallest absolute Gasteiger partial charge is 0.363 e. The molecule has 10 heteroatoms. The van der Waals surface area contributed by atoms with Crippen molar-refractivity contribution in [1.29, 1.82) is 0 Å². The van der Waals surface area contributed by atoms with Crippen LogP contribution in [0, 0.1) is 13.8 Å². The summed E-state index contributed by atoms with van der Waals surface area (Å²) in [7, 11) is -3.89. The number of hydrogen-bond donors (Lipinski definition) is 0. The number of aromatic nitrogens is 2. The molecular weight excluding hydrogens is 403 g/mol. The van der Waals surface area contributed by atoms with Gasteiger partial charge in [-0.15, -0.1) is 5.11 Å². The maximum atomic E-state index is 12.5. The molecule has 1 aliphatic rings. The van der Waals surface area contributed by atoms with E-state index < -0.39 is 10.0 Å². The molecule has 2 aromatic rings. The molecule has 1 aromatic carbocycles. The van der Waals surface area contributed by atoms with Crippen LogP contribution in [-0.2, 0) is 10.0 Å². The molecule has 0 radical (unpaired) electrons. The third kappa shape index (κ3) is 6.85. The van der Waals surface area contributed by atoms with Gasteiger partial charge in [-0.2, -0.15) is 0 Å². The van der Waals surface area contributed by atoms with Gasteiger partial charge in [-0.3, -0.25) is 9.73 Å². The molecule has 8 nitrogen and oxygen atoms in total. The topological polar surface area (TPSA) is 102 Å². The van der Waals surface area contributed by atoms with E-state index in [1.54, 1.807) is 32.0 Å². The van der Waals surface area contributed by atoms with E-state index in [0.29, 0.717) is 17.1 Å². The van der Waals surface area contributed by atoms with E-state index in [4.69, 9.17) is 0 Å². The monoisotopic (exact) mass is 426 g/mol. The van der Waals surface area contributed by atoms with Crippen LogP contribution in [0.1, 0.15) is 37.1 Å². The zero-order chi connectivity index (χ0) is 19.3. The molecule has 0 aliphatic carbocycles. The number of nitrogens with zero attached hydrogens (tertiary/aromatic N) is 6. The second kappa shape index (κ2) is 10.7. The van der Waals surface area contributed by atoms with Crippen LogP contribution in [0.15, 0.2) is 45.6 Å². The summed E-state index contributed by atoms with van der Waals surface area (Å²) in [6.07, 6.45) is 4.70.